The molecule has 1 aliphatic rings. The Bertz CT molecular complexity index is 455. The Labute approximate surface area is 95.2 Å². The van der Waals surface area contributed by atoms with Crippen molar-refractivity contribution in [2.75, 3.05) is 16.8 Å². The van der Waals surface area contributed by atoms with Gasteiger partial charge in [0.25, 0.3) is 0 Å². The van der Waals surface area contributed by atoms with Crippen LogP contribution < -0.4 is 5.32 Å². The molecule has 5 nitrogen and oxygen atoms in total. The summed E-state index contributed by atoms with van der Waals surface area (Å²) in [7, 11) is -2.88. The summed E-state index contributed by atoms with van der Waals surface area (Å²) in [5.74, 6) is 0.997. The van der Waals surface area contributed by atoms with Gasteiger partial charge in [-0.15, -0.1) is 0 Å². The number of hydrogen-bond donors (Lipinski definition) is 1. The van der Waals surface area contributed by atoms with Crippen molar-refractivity contribution < 1.29 is 8.42 Å². The van der Waals surface area contributed by atoms with Gasteiger partial charge in [0.15, 0.2) is 9.84 Å². The average Bonchev–Trinajstić information content (AvgIpc) is 2.20. The highest BCUT2D eigenvalue weighted by molar-refractivity contribution is 7.91. The van der Waals surface area contributed by atoms with Crippen molar-refractivity contribution in [1.29, 1.82) is 0 Å². The number of nitrogens with one attached hydrogen (secondary N) is 1. The second kappa shape index (κ2) is 4.37. The molecule has 2 heterocycles. The van der Waals surface area contributed by atoms with Gasteiger partial charge in [-0.1, -0.05) is 0 Å². The van der Waals surface area contributed by atoms with E-state index in [0.717, 1.165) is 12.0 Å². The lowest BCUT2D eigenvalue weighted by Crippen LogP contribution is -2.35. The van der Waals surface area contributed by atoms with E-state index in [1.54, 1.807) is 12.4 Å². The van der Waals surface area contributed by atoms with Crippen molar-refractivity contribution >= 4 is 15.8 Å². The van der Waals surface area contributed by atoms with Crippen LogP contribution in [0.4, 0.5) is 5.95 Å². The first-order valence-electron chi connectivity index (χ1n) is 5.31. The van der Waals surface area contributed by atoms with E-state index in [2.05, 4.69) is 15.3 Å². The fourth-order valence-electron chi connectivity index (χ4n) is 1.79. The fraction of sp³-hybridized carbons (Fsp3) is 0.600. The van der Waals surface area contributed by atoms with Gasteiger partial charge in [0.05, 0.1) is 11.5 Å². The molecule has 0 saturated carbocycles. The molecule has 88 valence electrons. The maximum Gasteiger partial charge on any atom is 0.222 e. The predicted octanol–water partition coefficient (Wildman–Crippen LogP) is 0.774. The number of rotatable bonds is 2. The van der Waals surface area contributed by atoms with Crippen LogP contribution in [-0.2, 0) is 9.84 Å². The monoisotopic (exact) mass is 241 g/mol. The Morgan fingerprint density at radius 3 is 2.69 bits per heavy atom. The van der Waals surface area contributed by atoms with Crippen LogP contribution in [0.3, 0.4) is 0 Å². The largest absolute Gasteiger partial charge is 0.350 e. The third-order valence-electron chi connectivity index (χ3n) is 2.58. The van der Waals surface area contributed by atoms with Gasteiger partial charge >= 0.3 is 0 Å². The van der Waals surface area contributed by atoms with Gasteiger partial charge in [0, 0.05) is 18.4 Å². The first kappa shape index (κ1) is 11.3. The zero-order valence-corrected chi connectivity index (χ0v) is 10.00. The van der Waals surface area contributed by atoms with Crippen molar-refractivity contribution in [2.24, 2.45) is 0 Å². The Morgan fingerprint density at radius 2 is 2.06 bits per heavy atom. The lowest BCUT2D eigenvalue weighted by molar-refractivity contribution is 0.561. The van der Waals surface area contributed by atoms with Crippen LogP contribution in [-0.4, -0.2) is 35.9 Å². The minimum atomic E-state index is -2.88. The summed E-state index contributed by atoms with van der Waals surface area (Å²) in [6, 6.07) is -0.0542. The smallest absolute Gasteiger partial charge is 0.222 e. The molecule has 0 radical (unpaired) electrons. The van der Waals surface area contributed by atoms with Crippen LogP contribution in [0.1, 0.15) is 18.4 Å². The van der Waals surface area contributed by atoms with Crippen LogP contribution in [0.25, 0.3) is 0 Å². The maximum atomic E-state index is 11.4. The zero-order chi connectivity index (χ0) is 11.6. The van der Waals surface area contributed by atoms with Crippen molar-refractivity contribution in [1.82, 2.24) is 9.97 Å². The third kappa shape index (κ3) is 2.91. The Kier molecular flexibility index (Phi) is 3.09. The standard InChI is InChI=1S/C10H15N3O2S/c1-8-5-11-10(12-6-8)13-9-3-2-4-16(14,15)7-9/h5-6,9H,2-4,7H2,1H3,(H,11,12,13). The van der Waals surface area contributed by atoms with Crippen molar-refractivity contribution in [2.45, 2.75) is 25.8 Å². The van der Waals surface area contributed by atoms with E-state index in [9.17, 15) is 8.42 Å². The molecule has 6 heteroatoms. The van der Waals surface area contributed by atoms with E-state index in [1.165, 1.54) is 0 Å². The minimum Gasteiger partial charge on any atom is -0.350 e. The molecule has 0 spiro atoms. The third-order valence-corrected chi connectivity index (χ3v) is 4.40. The summed E-state index contributed by atoms with van der Waals surface area (Å²) in [6.45, 7) is 1.91. The van der Waals surface area contributed by atoms with Crippen LogP contribution in [0.5, 0.6) is 0 Å². The second-order valence-electron chi connectivity index (χ2n) is 4.18. The summed E-state index contributed by atoms with van der Waals surface area (Å²) in [5, 5.41) is 3.06. The topological polar surface area (TPSA) is 72.0 Å². The molecule has 16 heavy (non-hydrogen) atoms. The van der Waals surface area contributed by atoms with Crippen LogP contribution in [0.15, 0.2) is 12.4 Å². The van der Waals surface area contributed by atoms with Crippen molar-refractivity contribution in [3.8, 4) is 0 Å². The van der Waals surface area contributed by atoms with Crippen molar-refractivity contribution in [3.05, 3.63) is 18.0 Å². The van der Waals surface area contributed by atoms with Gasteiger partial charge in [0.1, 0.15) is 0 Å². The lowest BCUT2D eigenvalue weighted by Gasteiger charge is -2.22. The molecule has 1 aliphatic heterocycles. The number of aryl methyl sites for hydroxylation is 1. The molecule has 0 bridgehead atoms. The molecule has 1 N–H and O–H groups in total. The van der Waals surface area contributed by atoms with Gasteiger partial charge in [-0.2, -0.15) is 0 Å². The molecule has 1 atom stereocenters. The van der Waals surface area contributed by atoms with Crippen LogP contribution in [0.2, 0.25) is 0 Å². The lowest BCUT2D eigenvalue weighted by atomic mass is 10.2. The molecule has 1 fully saturated rings. The van der Waals surface area contributed by atoms with Gasteiger partial charge in [-0.05, 0) is 25.3 Å². The highest BCUT2D eigenvalue weighted by atomic mass is 32.2. The van der Waals surface area contributed by atoms with Crippen molar-refractivity contribution in [3.63, 3.8) is 0 Å². The number of sulfone groups is 1. The molecule has 0 aliphatic carbocycles. The van der Waals surface area contributed by atoms with Gasteiger partial charge in [0.2, 0.25) is 5.95 Å². The SMILES string of the molecule is Cc1cnc(NC2CCCS(=O)(=O)C2)nc1. The minimum absolute atomic E-state index is 0.0542. The quantitative estimate of drug-likeness (QED) is 0.828. The number of anilines is 1. The van der Waals surface area contributed by atoms with Gasteiger partial charge in [-0.25, -0.2) is 18.4 Å². The Balaban J connectivity index is 2.02. The summed E-state index contributed by atoms with van der Waals surface area (Å²) in [6.07, 6.45) is 5.00. The van der Waals surface area contributed by atoms with Crippen LogP contribution >= 0.6 is 0 Å². The molecule has 1 unspecified atom stereocenters. The fourth-order valence-corrected chi connectivity index (χ4v) is 3.42. The molecular weight excluding hydrogens is 226 g/mol. The first-order valence-corrected chi connectivity index (χ1v) is 7.13. The Morgan fingerprint density at radius 1 is 1.38 bits per heavy atom. The average molecular weight is 241 g/mol. The van der Waals surface area contributed by atoms with E-state index in [0.29, 0.717) is 18.1 Å². The molecule has 1 saturated heterocycles. The van der Waals surface area contributed by atoms with E-state index in [1.807, 2.05) is 6.92 Å². The van der Waals surface area contributed by atoms with Crippen LogP contribution in [0, 0.1) is 6.92 Å². The van der Waals surface area contributed by atoms with E-state index in [4.69, 9.17) is 0 Å². The zero-order valence-electron chi connectivity index (χ0n) is 9.18. The molecule has 1 aromatic rings. The normalized spacial score (nSPS) is 23.9. The van der Waals surface area contributed by atoms with E-state index in [-0.39, 0.29) is 11.8 Å². The highest BCUT2D eigenvalue weighted by Gasteiger charge is 2.24. The molecule has 2 rings (SSSR count). The highest BCUT2D eigenvalue weighted by Crippen LogP contribution is 2.15. The first-order chi connectivity index (χ1) is 7.55. The summed E-state index contributed by atoms with van der Waals surface area (Å²) >= 11 is 0. The molecule has 0 aromatic carbocycles. The number of aromatic nitrogens is 2. The second-order valence-corrected chi connectivity index (χ2v) is 6.41. The number of hydrogen-bond acceptors (Lipinski definition) is 5. The molecular formula is C10H15N3O2S. The van der Waals surface area contributed by atoms with Gasteiger partial charge < -0.3 is 5.32 Å². The molecule has 0 amide bonds. The van der Waals surface area contributed by atoms with Gasteiger partial charge in [-0.3, -0.25) is 0 Å². The molecule has 1 aromatic heterocycles. The number of nitrogens with zero attached hydrogens (tertiary/aromatic N) is 2. The summed E-state index contributed by atoms with van der Waals surface area (Å²) in [4.78, 5) is 8.21. The summed E-state index contributed by atoms with van der Waals surface area (Å²) in [5.41, 5.74) is 0.988. The van der Waals surface area contributed by atoms with E-state index >= 15 is 0 Å². The summed E-state index contributed by atoms with van der Waals surface area (Å²) < 4.78 is 22.8. The maximum absolute atomic E-state index is 11.4. The Hall–Kier alpha value is -1.17. The predicted molar refractivity (Wildman–Crippen MR) is 62.1 cm³/mol. The van der Waals surface area contributed by atoms with E-state index < -0.39 is 9.84 Å².